The first kappa shape index (κ1) is 18.9. The molecule has 4 N–H and O–H groups in total. The van der Waals surface area contributed by atoms with Gasteiger partial charge in [0.2, 0.25) is 0 Å². The Labute approximate surface area is 155 Å². The van der Waals surface area contributed by atoms with Gasteiger partial charge < -0.3 is 20.4 Å². The Morgan fingerprint density at radius 1 is 1.08 bits per heavy atom. The fourth-order valence-corrected chi connectivity index (χ4v) is 7.95. The molecular formula is C21H34O5. The maximum absolute atomic E-state index is 12.4. The SMILES string of the molecule is C[C@]12CC[C@H](O)C[C@@H]1CCC1[C@@H]2[C@@H](O)C[C@@]2(C)[C@H]1CC[C@]2(O)C(=O)CO. The molecule has 0 saturated heterocycles. The Morgan fingerprint density at radius 2 is 1.81 bits per heavy atom. The van der Waals surface area contributed by atoms with Gasteiger partial charge in [-0.25, -0.2) is 0 Å². The maximum Gasteiger partial charge on any atom is 0.190 e. The highest BCUT2D eigenvalue weighted by Crippen LogP contribution is 2.68. The lowest BCUT2D eigenvalue weighted by Gasteiger charge is -2.62. The summed E-state index contributed by atoms with van der Waals surface area (Å²) in [7, 11) is 0. The van der Waals surface area contributed by atoms with E-state index in [1.807, 2.05) is 6.92 Å². The van der Waals surface area contributed by atoms with Crippen LogP contribution in [-0.2, 0) is 4.79 Å². The van der Waals surface area contributed by atoms with E-state index in [1.165, 1.54) is 0 Å². The van der Waals surface area contributed by atoms with Crippen LogP contribution in [0.5, 0.6) is 0 Å². The number of rotatable bonds is 2. The molecule has 0 amide bonds. The molecule has 4 aliphatic carbocycles. The lowest BCUT2D eigenvalue weighted by Crippen LogP contribution is -2.63. The average molecular weight is 366 g/mol. The summed E-state index contributed by atoms with van der Waals surface area (Å²) in [5.74, 6) is 0.653. The molecule has 4 rings (SSSR count). The minimum atomic E-state index is -1.52. The molecule has 1 unspecified atom stereocenters. The molecule has 0 aromatic carbocycles. The van der Waals surface area contributed by atoms with Crippen molar-refractivity contribution in [3.8, 4) is 0 Å². The van der Waals surface area contributed by atoms with Gasteiger partial charge in [-0.3, -0.25) is 4.79 Å². The van der Waals surface area contributed by atoms with Gasteiger partial charge in [0.1, 0.15) is 12.2 Å². The standard InChI is InChI=1S/C21H34O5/c1-19-7-5-13(23)9-12(19)3-4-14-15-6-8-21(26,17(25)11-22)20(15,2)10-16(24)18(14)19/h12-16,18,22-24,26H,3-11H2,1-2H3/t12-,13-,14?,15-,16-,18+,19-,20-,21-/m0/s1. The summed E-state index contributed by atoms with van der Waals surface area (Å²) in [6, 6.07) is 0. The van der Waals surface area contributed by atoms with Crippen LogP contribution in [0, 0.1) is 34.5 Å². The van der Waals surface area contributed by atoms with Crippen molar-refractivity contribution in [1.82, 2.24) is 0 Å². The van der Waals surface area contributed by atoms with Crippen LogP contribution in [0.3, 0.4) is 0 Å². The fourth-order valence-electron chi connectivity index (χ4n) is 7.95. The highest BCUT2D eigenvalue weighted by molar-refractivity contribution is 5.89. The van der Waals surface area contributed by atoms with Crippen LogP contribution in [0.4, 0.5) is 0 Å². The van der Waals surface area contributed by atoms with Crippen molar-refractivity contribution in [2.75, 3.05) is 6.61 Å². The van der Waals surface area contributed by atoms with Gasteiger partial charge in [-0.1, -0.05) is 13.8 Å². The number of hydrogen-bond donors (Lipinski definition) is 4. The van der Waals surface area contributed by atoms with Gasteiger partial charge >= 0.3 is 0 Å². The summed E-state index contributed by atoms with van der Waals surface area (Å²) in [5, 5.41) is 41.9. The van der Waals surface area contributed by atoms with Gasteiger partial charge in [-0.15, -0.1) is 0 Å². The van der Waals surface area contributed by atoms with E-state index in [2.05, 4.69) is 6.92 Å². The van der Waals surface area contributed by atoms with Gasteiger partial charge in [0.25, 0.3) is 0 Å². The molecule has 0 spiro atoms. The van der Waals surface area contributed by atoms with Crippen LogP contribution in [-0.4, -0.2) is 50.6 Å². The first-order chi connectivity index (χ1) is 12.2. The summed E-state index contributed by atoms with van der Waals surface area (Å²) in [5.41, 5.74) is -2.14. The van der Waals surface area contributed by atoms with Gasteiger partial charge in [0, 0.05) is 5.41 Å². The minimum absolute atomic E-state index is 0.0323. The first-order valence-electron chi connectivity index (χ1n) is 10.4. The van der Waals surface area contributed by atoms with Crippen molar-refractivity contribution >= 4 is 5.78 Å². The number of aliphatic hydroxyl groups excluding tert-OH is 3. The van der Waals surface area contributed by atoms with Crippen LogP contribution in [0.25, 0.3) is 0 Å². The molecule has 5 heteroatoms. The Hall–Kier alpha value is -0.490. The van der Waals surface area contributed by atoms with Gasteiger partial charge in [-0.2, -0.15) is 0 Å². The maximum atomic E-state index is 12.4. The lowest BCUT2D eigenvalue weighted by atomic mass is 9.43. The van der Waals surface area contributed by atoms with E-state index in [0.29, 0.717) is 24.7 Å². The van der Waals surface area contributed by atoms with Crippen molar-refractivity contribution < 1.29 is 25.2 Å². The zero-order chi connectivity index (χ0) is 18.9. The van der Waals surface area contributed by atoms with E-state index in [1.54, 1.807) is 0 Å². The predicted octanol–water partition coefficient (Wildman–Crippen LogP) is 1.65. The van der Waals surface area contributed by atoms with Crippen molar-refractivity contribution in [2.24, 2.45) is 34.5 Å². The van der Waals surface area contributed by atoms with Crippen LogP contribution < -0.4 is 0 Å². The average Bonchev–Trinajstić information content (AvgIpc) is 2.86. The molecule has 9 atom stereocenters. The van der Waals surface area contributed by atoms with E-state index < -0.39 is 29.5 Å². The first-order valence-corrected chi connectivity index (χ1v) is 10.4. The second kappa shape index (κ2) is 6.00. The van der Waals surface area contributed by atoms with Crippen molar-refractivity contribution in [2.45, 2.75) is 83.0 Å². The molecule has 0 bridgehead atoms. The summed E-state index contributed by atoms with van der Waals surface area (Å²) in [6.07, 6.45) is 5.48. The van der Waals surface area contributed by atoms with E-state index in [-0.39, 0.29) is 23.4 Å². The summed E-state index contributed by atoms with van der Waals surface area (Å²) < 4.78 is 0. The largest absolute Gasteiger partial charge is 0.393 e. The normalized spacial score (nSPS) is 56.4. The number of carbonyl (C=O) groups is 1. The zero-order valence-electron chi connectivity index (χ0n) is 16.0. The van der Waals surface area contributed by atoms with E-state index in [0.717, 1.165) is 38.5 Å². The highest BCUT2D eigenvalue weighted by atomic mass is 16.3. The summed E-state index contributed by atoms with van der Waals surface area (Å²) in [4.78, 5) is 12.4. The highest BCUT2D eigenvalue weighted by Gasteiger charge is 2.68. The number of carbonyl (C=O) groups excluding carboxylic acids is 1. The van der Waals surface area contributed by atoms with Crippen molar-refractivity contribution in [1.29, 1.82) is 0 Å². The second-order valence-electron chi connectivity index (χ2n) is 10.2. The van der Waals surface area contributed by atoms with Gasteiger partial charge in [0.15, 0.2) is 5.78 Å². The van der Waals surface area contributed by atoms with Crippen molar-refractivity contribution in [3.63, 3.8) is 0 Å². The molecule has 5 nitrogen and oxygen atoms in total. The van der Waals surface area contributed by atoms with Gasteiger partial charge in [0.05, 0.1) is 12.2 Å². The smallest absolute Gasteiger partial charge is 0.190 e. The number of aliphatic hydroxyl groups is 4. The van der Waals surface area contributed by atoms with Crippen LogP contribution in [0.15, 0.2) is 0 Å². The molecule has 26 heavy (non-hydrogen) atoms. The van der Waals surface area contributed by atoms with Gasteiger partial charge in [-0.05, 0) is 80.5 Å². The Morgan fingerprint density at radius 3 is 2.50 bits per heavy atom. The molecular weight excluding hydrogens is 332 g/mol. The van der Waals surface area contributed by atoms with E-state index in [9.17, 15) is 25.2 Å². The lowest BCUT2D eigenvalue weighted by molar-refractivity contribution is -0.202. The van der Waals surface area contributed by atoms with Crippen molar-refractivity contribution in [3.05, 3.63) is 0 Å². The number of fused-ring (bicyclic) bond motifs is 5. The Kier molecular flexibility index (Phi) is 4.35. The molecule has 4 aliphatic rings. The third-order valence-corrected chi connectivity index (χ3v) is 9.33. The molecule has 4 saturated carbocycles. The number of Topliss-reactive ketones (excluding diaryl/α,β-unsaturated/α-hetero) is 1. The monoisotopic (exact) mass is 366 g/mol. The molecule has 0 aromatic heterocycles. The quantitative estimate of drug-likeness (QED) is 0.596. The van der Waals surface area contributed by atoms with Crippen LogP contribution in [0.2, 0.25) is 0 Å². The van der Waals surface area contributed by atoms with E-state index in [4.69, 9.17) is 0 Å². The minimum Gasteiger partial charge on any atom is -0.393 e. The zero-order valence-corrected chi connectivity index (χ0v) is 16.0. The Bertz CT molecular complexity index is 593. The topological polar surface area (TPSA) is 98.0 Å². The molecule has 0 radical (unpaired) electrons. The third kappa shape index (κ3) is 2.27. The second-order valence-corrected chi connectivity index (χ2v) is 10.2. The molecule has 4 fully saturated rings. The fraction of sp³-hybridized carbons (Fsp3) is 0.952. The third-order valence-electron chi connectivity index (χ3n) is 9.33. The Balaban J connectivity index is 1.69. The number of hydrogen-bond acceptors (Lipinski definition) is 5. The van der Waals surface area contributed by atoms with E-state index >= 15 is 0 Å². The molecule has 0 aliphatic heterocycles. The molecule has 0 aromatic rings. The summed E-state index contributed by atoms with van der Waals surface area (Å²) >= 11 is 0. The molecule has 148 valence electrons. The summed E-state index contributed by atoms with van der Waals surface area (Å²) in [6.45, 7) is 3.61. The predicted molar refractivity (Wildman–Crippen MR) is 96.2 cm³/mol. The van der Waals surface area contributed by atoms with Crippen LogP contribution in [0.1, 0.15) is 65.2 Å². The number of ketones is 1. The van der Waals surface area contributed by atoms with Crippen LogP contribution >= 0.6 is 0 Å². The molecule has 0 heterocycles.